The maximum absolute atomic E-state index is 13.1. The fourth-order valence-electron chi connectivity index (χ4n) is 4.34. The standard InChI is InChI=1S/C30H28N4O4.C2HF3O2/c1-19-7-5-9-22(13-19)32-23-11-12-26-21(14-23)18-31-34(26)25-10-6-8-20(15-25)30(35)33-24-16-27(36-2)29(38-4)28(17-24)37-3;3-2(4,5)1(6)7/h5-18,32H,1-4H3,(H,33,35);(H,6,7). The number of amides is 1. The van der Waals surface area contributed by atoms with Crippen LogP contribution >= 0.6 is 0 Å². The number of ether oxygens (including phenoxy) is 3. The number of carbonyl (C=O) groups excluding carboxylic acids is 1. The van der Waals surface area contributed by atoms with Crippen LogP contribution in [0.1, 0.15) is 15.9 Å². The van der Waals surface area contributed by atoms with Crippen molar-refractivity contribution in [1.82, 2.24) is 9.78 Å². The van der Waals surface area contributed by atoms with E-state index in [0.29, 0.717) is 28.5 Å². The highest BCUT2D eigenvalue weighted by molar-refractivity contribution is 6.05. The molecule has 0 unspecified atom stereocenters. The smallest absolute Gasteiger partial charge is 0.490 e. The number of carboxylic acids is 1. The molecule has 1 aromatic heterocycles. The van der Waals surface area contributed by atoms with Crippen molar-refractivity contribution >= 4 is 39.8 Å². The lowest BCUT2D eigenvalue weighted by atomic mass is 10.1. The lowest BCUT2D eigenvalue weighted by Crippen LogP contribution is -2.21. The summed E-state index contributed by atoms with van der Waals surface area (Å²) in [7, 11) is 4.59. The predicted octanol–water partition coefficient (Wildman–Crippen LogP) is 6.99. The van der Waals surface area contributed by atoms with E-state index in [-0.39, 0.29) is 5.91 Å². The van der Waals surface area contributed by atoms with E-state index in [4.69, 9.17) is 24.1 Å². The minimum absolute atomic E-state index is 0.276. The van der Waals surface area contributed by atoms with Crippen LogP contribution < -0.4 is 24.8 Å². The zero-order valence-corrected chi connectivity index (χ0v) is 24.6. The van der Waals surface area contributed by atoms with Crippen molar-refractivity contribution in [3.05, 3.63) is 96.2 Å². The second-order valence-corrected chi connectivity index (χ2v) is 9.55. The van der Waals surface area contributed by atoms with E-state index in [1.54, 1.807) is 24.3 Å². The number of rotatable bonds is 8. The maximum atomic E-state index is 13.1. The number of aryl methyl sites for hydroxylation is 1. The second-order valence-electron chi connectivity index (χ2n) is 9.55. The van der Waals surface area contributed by atoms with Crippen molar-refractivity contribution in [2.45, 2.75) is 13.1 Å². The monoisotopic (exact) mass is 622 g/mol. The van der Waals surface area contributed by atoms with Gasteiger partial charge in [0.2, 0.25) is 5.75 Å². The van der Waals surface area contributed by atoms with Crippen LogP contribution in [0.3, 0.4) is 0 Å². The zero-order valence-electron chi connectivity index (χ0n) is 24.6. The molecule has 0 aliphatic heterocycles. The molecule has 0 aliphatic carbocycles. The number of halogens is 3. The van der Waals surface area contributed by atoms with Gasteiger partial charge in [-0.25, -0.2) is 9.48 Å². The number of hydrogen-bond acceptors (Lipinski definition) is 7. The van der Waals surface area contributed by atoms with Gasteiger partial charge in [0.25, 0.3) is 5.91 Å². The largest absolute Gasteiger partial charge is 0.493 e. The van der Waals surface area contributed by atoms with Gasteiger partial charge in [-0.2, -0.15) is 18.3 Å². The van der Waals surface area contributed by atoms with E-state index < -0.39 is 12.1 Å². The highest BCUT2D eigenvalue weighted by atomic mass is 19.4. The molecule has 0 spiro atoms. The first-order valence-electron chi connectivity index (χ1n) is 13.3. The summed E-state index contributed by atoms with van der Waals surface area (Å²) in [5.74, 6) is -1.67. The molecule has 0 atom stereocenters. The maximum Gasteiger partial charge on any atom is 0.490 e. The number of carboxylic acid groups (broad SMARTS) is 1. The third-order valence-corrected chi connectivity index (χ3v) is 6.39. The number of aromatic nitrogens is 2. The van der Waals surface area contributed by atoms with Crippen LogP contribution in [0.15, 0.2) is 85.1 Å². The summed E-state index contributed by atoms with van der Waals surface area (Å²) in [5.41, 5.74) is 5.91. The summed E-state index contributed by atoms with van der Waals surface area (Å²) in [5, 5.41) is 19.0. The Balaban J connectivity index is 0.000000591. The first-order valence-corrected chi connectivity index (χ1v) is 13.3. The van der Waals surface area contributed by atoms with Crippen LogP contribution in [0.25, 0.3) is 16.6 Å². The van der Waals surface area contributed by atoms with Crippen molar-refractivity contribution in [1.29, 1.82) is 0 Å². The highest BCUT2D eigenvalue weighted by Gasteiger charge is 2.38. The van der Waals surface area contributed by atoms with Gasteiger partial charge >= 0.3 is 12.1 Å². The lowest BCUT2D eigenvalue weighted by molar-refractivity contribution is -0.192. The molecule has 5 rings (SSSR count). The molecule has 0 aliphatic rings. The number of hydrogen-bond donors (Lipinski definition) is 3. The molecule has 45 heavy (non-hydrogen) atoms. The van der Waals surface area contributed by atoms with Crippen LogP contribution in [-0.2, 0) is 4.79 Å². The van der Waals surface area contributed by atoms with Crippen molar-refractivity contribution in [3.63, 3.8) is 0 Å². The van der Waals surface area contributed by atoms with Gasteiger partial charge in [0.05, 0.1) is 38.7 Å². The second kappa shape index (κ2) is 13.7. The molecule has 0 bridgehead atoms. The van der Waals surface area contributed by atoms with Crippen molar-refractivity contribution in [2.24, 2.45) is 0 Å². The van der Waals surface area contributed by atoms with E-state index in [0.717, 1.165) is 28.0 Å². The Bertz CT molecular complexity index is 1810. The molecule has 1 heterocycles. The molecule has 0 fully saturated rings. The number of benzene rings is 4. The van der Waals surface area contributed by atoms with E-state index in [9.17, 15) is 18.0 Å². The molecule has 0 radical (unpaired) electrons. The van der Waals surface area contributed by atoms with Crippen LogP contribution in [0.2, 0.25) is 0 Å². The van der Waals surface area contributed by atoms with Crippen molar-refractivity contribution in [3.8, 4) is 22.9 Å². The molecule has 3 N–H and O–H groups in total. The SMILES string of the molecule is COc1cc(NC(=O)c2cccc(-n3ncc4cc(Nc5cccc(C)c5)ccc43)c2)cc(OC)c1OC.O=C(O)C(F)(F)F. The van der Waals surface area contributed by atoms with Gasteiger partial charge in [-0.1, -0.05) is 18.2 Å². The lowest BCUT2D eigenvalue weighted by Gasteiger charge is -2.15. The molecule has 4 aromatic carbocycles. The average molecular weight is 623 g/mol. The van der Waals surface area contributed by atoms with Gasteiger partial charge in [-0.3, -0.25) is 4.79 Å². The van der Waals surface area contributed by atoms with Crippen LogP contribution in [0.4, 0.5) is 30.2 Å². The van der Waals surface area contributed by atoms with Gasteiger partial charge in [-0.05, 0) is 61.0 Å². The highest BCUT2D eigenvalue weighted by Crippen LogP contribution is 2.40. The topological polar surface area (TPSA) is 124 Å². The van der Waals surface area contributed by atoms with E-state index >= 15 is 0 Å². The number of alkyl halides is 3. The van der Waals surface area contributed by atoms with E-state index in [2.05, 4.69) is 40.9 Å². The van der Waals surface area contributed by atoms with Crippen LogP contribution in [0, 0.1) is 6.92 Å². The van der Waals surface area contributed by atoms with Gasteiger partial charge in [0.15, 0.2) is 11.5 Å². The molecule has 1 amide bonds. The zero-order chi connectivity index (χ0) is 32.7. The fourth-order valence-corrected chi connectivity index (χ4v) is 4.34. The number of nitrogens with one attached hydrogen (secondary N) is 2. The Morgan fingerprint density at radius 3 is 2.07 bits per heavy atom. The van der Waals surface area contributed by atoms with E-state index in [1.165, 1.54) is 26.9 Å². The summed E-state index contributed by atoms with van der Waals surface area (Å²) in [4.78, 5) is 22.0. The Labute approximate surface area is 256 Å². The normalized spacial score (nSPS) is 10.8. The number of nitrogens with zero attached hydrogens (tertiary/aromatic N) is 2. The third kappa shape index (κ3) is 7.82. The number of fused-ring (bicyclic) bond motifs is 1. The molecular formula is C32H29F3N4O6. The quantitative estimate of drug-likeness (QED) is 0.169. The predicted molar refractivity (Wildman–Crippen MR) is 163 cm³/mol. The Hall–Kier alpha value is -5.72. The van der Waals surface area contributed by atoms with Gasteiger partial charge < -0.3 is 30.0 Å². The minimum atomic E-state index is -5.08. The fraction of sp³-hybridized carbons (Fsp3) is 0.156. The molecule has 5 aromatic rings. The number of anilines is 3. The summed E-state index contributed by atoms with van der Waals surface area (Å²) >= 11 is 0. The number of aliphatic carboxylic acids is 1. The molecule has 10 nitrogen and oxygen atoms in total. The first kappa shape index (κ1) is 32.2. The van der Waals surface area contributed by atoms with Gasteiger partial charge in [0, 0.05) is 40.1 Å². The first-order chi connectivity index (χ1) is 21.4. The Morgan fingerprint density at radius 1 is 0.822 bits per heavy atom. The van der Waals surface area contributed by atoms with Crippen molar-refractivity contribution in [2.75, 3.05) is 32.0 Å². The summed E-state index contributed by atoms with van der Waals surface area (Å²) in [6.45, 7) is 2.07. The minimum Gasteiger partial charge on any atom is -0.493 e. The summed E-state index contributed by atoms with van der Waals surface area (Å²) < 4.78 is 49.7. The molecule has 0 saturated carbocycles. The summed E-state index contributed by atoms with van der Waals surface area (Å²) in [6, 6.07) is 25.0. The van der Waals surface area contributed by atoms with Crippen LogP contribution in [-0.4, -0.2) is 54.3 Å². The molecule has 13 heteroatoms. The van der Waals surface area contributed by atoms with Crippen LogP contribution in [0.5, 0.6) is 17.2 Å². The third-order valence-electron chi connectivity index (χ3n) is 6.39. The van der Waals surface area contributed by atoms with Gasteiger partial charge in [-0.15, -0.1) is 0 Å². The average Bonchev–Trinajstić information content (AvgIpc) is 3.43. The number of methoxy groups -OCH3 is 3. The molecule has 0 saturated heterocycles. The Kier molecular flexibility index (Phi) is 9.81. The molecule has 234 valence electrons. The van der Waals surface area contributed by atoms with E-state index in [1.807, 2.05) is 47.3 Å². The Morgan fingerprint density at radius 2 is 1.47 bits per heavy atom. The van der Waals surface area contributed by atoms with Gasteiger partial charge in [0.1, 0.15) is 0 Å². The molecular weight excluding hydrogens is 593 g/mol. The summed E-state index contributed by atoms with van der Waals surface area (Å²) in [6.07, 6.45) is -3.26. The number of carbonyl (C=O) groups is 2. The van der Waals surface area contributed by atoms with Crippen molar-refractivity contribution < 1.29 is 42.1 Å².